The van der Waals surface area contributed by atoms with Gasteiger partial charge in [0.15, 0.2) is 0 Å². The van der Waals surface area contributed by atoms with Gasteiger partial charge in [-0.05, 0) is 18.6 Å². The molecular weight excluding hydrogens is 208 g/mol. The number of nitrogens with one attached hydrogen (secondary N) is 1. The van der Waals surface area contributed by atoms with Gasteiger partial charge in [0.1, 0.15) is 11.3 Å². The lowest BCUT2D eigenvalue weighted by atomic mass is 10.3. The van der Waals surface area contributed by atoms with E-state index in [2.05, 4.69) is 4.98 Å². The van der Waals surface area contributed by atoms with Crippen LogP contribution in [-0.4, -0.2) is 28.4 Å². The fourth-order valence-corrected chi connectivity index (χ4v) is 1.77. The van der Waals surface area contributed by atoms with Crippen LogP contribution in [0.2, 0.25) is 0 Å². The lowest BCUT2D eigenvalue weighted by Crippen LogP contribution is -2.17. The van der Waals surface area contributed by atoms with E-state index in [-0.39, 0.29) is 12.3 Å². The fourth-order valence-electron chi connectivity index (χ4n) is 1.77. The molecule has 0 fully saturated rings. The summed E-state index contributed by atoms with van der Waals surface area (Å²) >= 11 is 0. The molecule has 5 heteroatoms. The molecule has 2 aromatic rings. The summed E-state index contributed by atoms with van der Waals surface area (Å²) in [5.74, 6) is 0.650. The number of para-hydroxylation sites is 1. The molecule has 1 heterocycles. The summed E-state index contributed by atoms with van der Waals surface area (Å²) < 4.78 is 6.77. The van der Waals surface area contributed by atoms with E-state index in [0.717, 1.165) is 5.52 Å². The summed E-state index contributed by atoms with van der Waals surface area (Å²) in [6, 6.07) is 5.49. The van der Waals surface area contributed by atoms with Crippen LogP contribution in [-0.2, 0) is 6.54 Å². The van der Waals surface area contributed by atoms with Gasteiger partial charge in [0.2, 0.25) is 0 Å². The first kappa shape index (κ1) is 10.8. The molecule has 0 spiro atoms. The minimum atomic E-state index is -0.173. The van der Waals surface area contributed by atoms with E-state index < -0.39 is 0 Å². The van der Waals surface area contributed by atoms with Crippen molar-refractivity contribution in [3.8, 4) is 5.75 Å². The number of nitrogens with zero attached hydrogens (tertiary/aromatic N) is 1. The number of methoxy groups -OCH3 is 1. The highest BCUT2D eigenvalue weighted by Gasteiger charge is 2.09. The summed E-state index contributed by atoms with van der Waals surface area (Å²) in [6.07, 6.45) is 0.560. The van der Waals surface area contributed by atoms with Gasteiger partial charge in [-0.1, -0.05) is 6.07 Å². The van der Waals surface area contributed by atoms with Crippen molar-refractivity contribution in [3.63, 3.8) is 0 Å². The van der Waals surface area contributed by atoms with Crippen molar-refractivity contribution < 1.29 is 9.84 Å². The van der Waals surface area contributed by atoms with Crippen LogP contribution in [0.15, 0.2) is 23.0 Å². The Labute approximate surface area is 92.3 Å². The normalized spacial score (nSPS) is 10.9. The van der Waals surface area contributed by atoms with Crippen LogP contribution in [0.25, 0.3) is 11.0 Å². The molecule has 0 bridgehead atoms. The van der Waals surface area contributed by atoms with E-state index in [1.807, 2.05) is 12.1 Å². The number of imidazole rings is 1. The molecule has 0 atom stereocenters. The van der Waals surface area contributed by atoms with Crippen molar-refractivity contribution in [1.29, 1.82) is 0 Å². The third-order valence-electron chi connectivity index (χ3n) is 2.53. The molecule has 2 N–H and O–H groups in total. The van der Waals surface area contributed by atoms with Gasteiger partial charge in [-0.25, -0.2) is 4.79 Å². The van der Waals surface area contributed by atoms with Gasteiger partial charge in [-0.15, -0.1) is 0 Å². The third-order valence-corrected chi connectivity index (χ3v) is 2.53. The van der Waals surface area contributed by atoms with Crippen LogP contribution in [0, 0.1) is 0 Å². The second-order valence-corrected chi connectivity index (χ2v) is 3.51. The zero-order valence-electron chi connectivity index (χ0n) is 9.06. The Morgan fingerprint density at radius 3 is 3.00 bits per heavy atom. The highest BCUT2D eigenvalue weighted by Crippen LogP contribution is 2.22. The number of aryl methyl sites for hydroxylation is 1. The van der Waals surface area contributed by atoms with Crippen molar-refractivity contribution >= 4 is 11.0 Å². The Bertz CT molecular complexity index is 542. The average molecular weight is 222 g/mol. The quantitative estimate of drug-likeness (QED) is 0.801. The van der Waals surface area contributed by atoms with E-state index in [1.54, 1.807) is 17.7 Å². The van der Waals surface area contributed by atoms with E-state index in [9.17, 15) is 4.79 Å². The number of hydrogen-bond donors (Lipinski definition) is 2. The van der Waals surface area contributed by atoms with E-state index >= 15 is 0 Å². The number of benzene rings is 1. The molecule has 1 aromatic heterocycles. The number of aromatic nitrogens is 2. The maximum absolute atomic E-state index is 11.7. The van der Waals surface area contributed by atoms with Crippen molar-refractivity contribution in [3.05, 3.63) is 28.7 Å². The number of H-pyrrole nitrogens is 1. The van der Waals surface area contributed by atoms with Crippen molar-refractivity contribution in [1.82, 2.24) is 9.55 Å². The van der Waals surface area contributed by atoms with Gasteiger partial charge >= 0.3 is 5.69 Å². The highest BCUT2D eigenvalue weighted by molar-refractivity contribution is 5.81. The van der Waals surface area contributed by atoms with Crippen LogP contribution < -0.4 is 10.4 Å². The number of aliphatic hydroxyl groups is 1. The van der Waals surface area contributed by atoms with Crippen LogP contribution in [0.4, 0.5) is 0 Å². The zero-order chi connectivity index (χ0) is 11.5. The maximum Gasteiger partial charge on any atom is 0.326 e. The topological polar surface area (TPSA) is 67.2 Å². The van der Waals surface area contributed by atoms with Crippen molar-refractivity contribution in [2.75, 3.05) is 13.7 Å². The largest absolute Gasteiger partial charge is 0.494 e. The lowest BCUT2D eigenvalue weighted by molar-refractivity contribution is 0.280. The van der Waals surface area contributed by atoms with Gasteiger partial charge < -0.3 is 14.8 Å². The van der Waals surface area contributed by atoms with Gasteiger partial charge in [0, 0.05) is 13.2 Å². The number of aromatic amines is 1. The number of fused-ring (bicyclic) bond motifs is 1. The Morgan fingerprint density at radius 2 is 2.31 bits per heavy atom. The first-order valence-corrected chi connectivity index (χ1v) is 5.14. The van der Waals surface area contributed by atoms with Crippen molar-refractivity contribution in [2.45, 2.75) is 13.0 Å². The monoisotopic (exact) mass is 222 g/mol. The lowest BCUT2D eigenvalue weighted by Gasteiger charge is -2.03. The summed E-state index contributed by atoms with van der Waals surface area (Å²) in [7, 11) is 1.57. The van der Waals surface area contributed by atoms with Crippen molar-refractivity contribution in [2.24, 2.45) is 0 Å². The Morgan fingerprint density at radius 1 is 1.50 bits per heavy atom. The molecule has 2 rings (SSSR count). The zero-order valence-corrected chi connectivity index (χ0v) is 9.06. The maximum atomic E-state index is 11.7. The predicted octanol–water partition coefficient (Wildman–Crippen LogP) is 0.721. The highest BCUT2D eigenvalue weighted by atomic mass is 16.5. The second-order valence-electron chi connectivity index (χ2n) is 3.51. The first-order chi connectivity index (χ1) is 7.77. The molecule has 0 saturated heterocycles. The standard InChI is InChI=1S/C11H14N2O3/c1-16-9-5-2-4-8-10(9)12-11(15)13(8)6-3-7-14/h2,4-5,14H,3,6-7H2,1H3,(H,12,15). The molecule has 0 aliphatic heterocycles. The van der Waals surface area contributed by atoms with Crippen LogP contribution in [0.1, 0.15) is 6.42 Å². The summed E-state index contributed by atoms with van der Waals surface area (Å²) in [5.41, 5.74) is 1.33. The van der Waals surface area contributed by atoms with Gasteiger partial charge in [-0.3, -0.25) is 4.57 Å². The minimum absolute atomic E-state index is 0.0725. The number of hydrogen-bond acceptors (Lipinski definition) is 3. The molecule has 16 heavy (non-hydrogen) atoms. The molecule has 0 saturated carbocycles. The van der Waals surface area contributed by atoms with Crippen LogP contribution >= 0.6 is 0 Å². The Balaban J connectivity index is 2.57. The second kappa shape index (κ2) is 4.40. The molecule has 0 unspecified atom stereocenters. The molecule has 5 nitrogen and oxygen atoms in total. The van der Waals surface area contributed by atoms with E-state index in [0.29, 0.717) is 24.2 Å². The summed E-state index contributed by atoms with van der Waals surface area (Å²) in [5, 5.41) is 8.78. The number of aliphatic hydroxyl groups excluding tert-OH is 1. The molecule has 0 aliphatic carbocycles. The molecule has 86 valence electrons. The summed E-state index contributed by atoms with van der Waals surface area (Å²) in [6.45, 7) is 0.575. The SMILES string of the molecule is COc1cccc2c1[nH]c(=O)n2CCCO. The molecule has 1 aromatic carbocycles. The Hall–Kier alpha value is -1.75. The van der Waals surface area contributed by atoms with Gasteiger partial charge in [0.25, 0.3) is 0 Å². The molecule has 0 amide bonds. The van der Waals surface area contributed by atoms with Gasteiger partial charge in [0.05, 0.1) is 12.6 Å². The van der Waals surface area contributed by atoms with Crippen LogP contribution in [0.5, 0.6) is 5.75 Å². The predicted molar refractivity (Wildman–Crippen MR) is 60.8 cm³/mol. The molecular formula is C11H14N2O3. The number of rotatable bonds is 4. The van der Waals surface area contributed by atoms with Gasteiger partial charge in [-0.2, -0.15) is 0 Å². The van der Waals surface area contributed by atoms with E-state index in [4.69, 9.17) is 9.84 Å². The Kier molecular flexibility index (Phi) is 2.96. The minimum Gasteiger partial charge on any atom is -0.494 e. The van der Waals surface area contributed by atoms with E-state index in [1.165, 1.54) is 0 Å². The van der Waals surface area contributed by atoms with Crippen LogP contribution in [0.3, 0.4) is 0 Å². The summed E-state index contributed by atoms with van der Waals surface area (Å²) in [4.78, 5) is 14.4. The molecule has 0 radical (unpaired) electrons. The smallest absolute Gasteiger partial charge is 0.326 e. The first-order valence-electron chi connectivity index (χ1n) is 5.14. The third kappa shape index (κ3) is 1.69. The number of ether oxygens (including phenoxy) is 1. The molecule has 0 aliphatic rings. The average Bonchev–Trinajstić information content (AvgIpc) is 2.62. The fraction of sp³-hybridized carbons (Fsp3) is 0.364.